The zero-order chi connectivity index (χ0) is 16.8. The van der Waals surface area contributed by atoms with Gasteiger partial charge < -0.3 is 5.32 Å². The monoisotopic (exact) mass is 341 g/mol. The SMILES string of the molecule is O=C1Nc2cc(C(F)(F)F)ccc2/C1=C\c1cccc(Cl)c1F. The van der Waals surface area contributed by atoms with Crippen molar-refractivity contribution in [3.8, 4) is 0 Å². The smallest absolute Gasteiger partial charge is 0.321 e. The summed E-state index contributed by atoms with van der Waals surface area (Å²) in [4.78, 5) is 12.0. The average Bonchev–Trinajstić information content (AvgIpc) is 2.78. The Labute approximate surface area is 133 Å². The van der Waals surface area contributed by atoms with Crippen molar-refractivity contribution in [2.45, 2.75) is 6.18 Å². The van der Waals surface area contributed by atoms with Crippen LogP contribution in [0.5, 0.6) is 0 Å². The Morgan fingerprint density at radius 3 is 2.57 bits per heavy atom. The lowest BCUT2D eigenvalue weighted by atomic mass is 10.0. The maximum atomic E-state index is 13.9. The van der Waals surface area contributed by atoms with Gasteiger partial charge in [0.05, 0.1) is 10.6 Å². The quantitative estimate of drug-likeness (QED) is 0.574. The molecule has 1 amide bonds. The van der Waals surface area contributed by atoms with Crippen LogP contribution in [0.1, 0.15) is 16.7 Å². The van der Waals surface area contributed by atoms with Crippen LogP contribution in [0.2, 0.25) is 5.02 Å². The molecule has 1 aliphatic heterocycles. The van der Waals surface area contributed by atoms with Gasteiger partial charge in [-0.15, -0.1) is 0 Å². The molecule has 1 N–H and O–H groups in total. The van der Waals surface area contributed by atoms with E-state index in [1.807, 2.05) is 0 Å². The standard InChI is InChI=1S/C16H8ClF4NO/c17-12-3-1-2-8(14(12)18)6-11-10-5-4-9(16(19,20)21)7-13(10)22-15(11)23/h1-7H,(H,22,23)/b11-6+. The summed E-state index contributed by atoms with van der Waals surface area (Å²) < 4.78 is 52.0. The fourth-order valence-electron chi connectivity index (χ4n) is 2.30. The molecule has 0 aliphatic carbocycles. The van der Waals surface area contributed by atoms with E-state index in [9.17, 15) is 22.4 Å². The molecule has 1 aliphatic rings. The van der Waals surface area contributed by atoms with E-state index in [0.29, 0.717) is 0 Å². The fourth-order valence-corrected chi connectivity index (χ4v) is 2.48. The lowest BCUT2D eigenvalue weighted by Gasteiger charge is -2.08. The highest BCUT2D eigenvalue weighted by Gasteiger charge is 2.33. The number of carbonyl (C=O) groups excluding carboxylic acids is 1. The van der Waals surface area contributed by atoms with Crippen molar-refractivity contribution in [3.63, 3.8) is 0 Å². The Balaban J connectivity index is 2.09. The van der Waals surface area contributed by atoms with E-state index in [1.54, 1.807) is 0 Å². The van der Waals surface area contributed by atoms with Crippen LogP contribution in [0, 0.1) is 5.82 Å². The van der Waals surface area contributed by atoms with Crippen molar-refractivity contribution >= 4 is 34.8 Å². The van der Waals surface area contributed by atoms with Crippen molar-refractivity contribution in [2.75, 3.05) is 5.32 Å². The minimum atomic E-state index is -4.51. The van der Waals surface area contributed by atoms with Crippen LogP contribution in [-0.2, 0) is 11.0 Å². The van der Waals surface area contributed by atoms with Crippen LogP contribution in [0.15, 0.2) is 36.4 Å². The first kappa shape index (κ1) is 15.6. The molecule has 0 unspecified atom stereocenters. The number of amides is 1. The van der Waals surface area contributed by atoms with Crippen molar-refractivity contribution in [2.24, 2.45) is 0 Å². The van der Waals surface area contributed by atoms with Gasteiger partial charge in [0.2, 0.25) is 0 Å². The molecule has 2 aromatic carbocycles. The van der Waals surface area contributed by atoms with Crippen molar-refractivity contribution in [1.29, 1.82) is 0 Å². The van der Waals surface area contributed by atoms with Crippen LogP contribution in [0.3, 0.4) is 0 Å². The van der Waals surface area contributed by atoms with E-state index in [2.05, 4.69) is 5.32 Å². The highest BCUT2D eigenvalue weighted by atomic mass is 35.5. The largest absolute Gasteiger partial charge is 0.416 e. The van der Waals surface area contributed by atoms with Gasteiger partial charge in [-0.1, -0.05) is 29.8 Å². The molecule has 3 rings (SSSR count). The minimum Gasteiger partial charge on any atom is -0.321 e. The van der Waals surface area contributed by atoms with E-state index in [4.69, 9.17) is 11.6 Å². The zero-order valence-electron chi connectivity index (χ0n) is 11.3. The summed E-state index contributed by atoms with van der Waals surface area (Å²) in [6.45, 7) is 0. The Morgan fingerprint density at radius 2 is 1.87 bits per heavy atom. The van der Waals surface area contributed by atoms with E-state index < -0.39 is 23.5 Å². The van der Waals surface area contributed by atoms with E-state index in [1.165, 1.54) is 30.3 Å². The highest BCUT2D eigenvalue weighted by Crippen LogP contribution is 2.38. The predicted octanol–water partition coefficient (Wildman–Crippen LogP) is 4.99. The number of anilines is 1. The van der Waals surface area contributed by atoms with Gasteiger partial charge in [0.15, 0.2) is 0 Å². The molecule has 23 heavy (non-hydrogen) atoms. The lowest BCUT2D eigenvalue weighted by molar-refractivity contribution is -0.137. The minimum absolute atomic E-state index is 0.0403. The van der Waals surface area contributed by atoms with Gasteiger partial charge in [-0.3, -0.25) is 4.79 Å². The second-order valence-corrected chi connectivity index (χ2v) is 5.32. The maximum absolute atomic E-state index is 13.9. The van der Waals surface area contributed by atoms with Gasteiger partial charge in [0.25, 0.3) is 5.91 Å². The molecule has 1 heterocycles. The topological polar surface area (TPSA) is 29.1 Å². The van der Waals surface area contributed by atoms with E-state index in [0.717, 1.165) is 12.1 Å². The normalized spacial score (nSPS) is 15.7. The summed E-state index contributed by atoms with van der Waals surface area (Å²) in [6, 6.07) is 7.20. The number of rotatable bonds is 1. The summed E-state index contributed by atoms with van der Waals surface area (Å²) in [5, 5.41) is 2.25. The molecule has 0 saturated heterocycles. The fraction of sp³-hybridized carbons (Fsp3) is 0.0625. The zero-order valence-corrected chi connectivity index (χ0v) is 12.1. The number of carbonyl (C=O) groups is 1. The number of hydrogen-bond acceptors (Lipinski definition) is 1. The Kier molecular flexibility index (Phi) is 3.64. The summed E-state index contributed by atoms with van der Waals surface area (Å²) in [5.41, 5.74) is -0.391. The lowest BCUT2D eigenvalue weighted by Crippen LogP contribution is -2.06. The summed E-state index contributed by atoms with van der Waals surface area (Å²) in [6.07, 6.45) is -3.25. The third-order valence-corrected chi connectivity index (χ3v) is 3.70. The summed E-state index contributed by atoms with van der Waals surface area (Å²) >= 11 is 5.68. The van der Waals surface area contributed by atoms with E-state index >= 15 is 0 Å². The Bertz CT molecular complexity index is 842. The number of nitrogens with one attached hydrogen (secondary N) is 1. The molecular formula is C16H8ClF4NO. The first-order chi connectivity index (χ1) is 10.8. The second kappa shape index (κ2) is 5.38. The van der Waals surface area contributed by atoms with Crippen molar-refractivity contribution in [3.05, 3.63) is 63.9 Å². The molecule has 0 fully saturated rings. The van der Waals surface area contributed by atoms with Gasteiger partial charge in [0, 0.05) is 22.4 Å². The predicted molar refractivity (Wildman–Crippen MR) is 79.4 cm³/mol. The van der Waals surface area contributed by atoms with Crippen molar-refractivity contribution in [1.82, 2.24) is 0 Å². The molecule has 2 nitrogen and oxygen atoms in total. The Morgan fingerprint density at radius 1 is 1.13 bits per heavy atom. The number of halogens is 5. The second-order valence-electron chi connectivity index (χ2n) is 4.91. The number of fused-ring (bicyclic) bond motifs is 1. The molecular weight excluding hydrogens is 334 g/mol. The summed E-state index contributed by atoms with van der Waals surface area (Å²) in [5.74, 6) is -1.30. The molecule has 0 radical (unpaired) electrons. The molecule has 0 atom stereocenters. The van der Waals surface area contributed by atoms with Crippen LogP contribution >= 0.6 is 11.6 Å². The van der Waals surface area contributed by atoms with Crippen LogP contribution in [0.25, 0.3) is 11.6 Å². The molecule has 118 valence electrons. The highest BCUT2D eigenvalue weighted by molar-refractivity contribution is 6.35. The van der Waals surface area contributed by atoms with Gasteiger partial charge in [-0.2, -0.15) is 13.2 Å². The number of hydrogen-bond donors (Lipinski definition) is 1. The summed E-state index contributed by atoms with van der Waals surface area (Å²) in [7, 11) is 0. The third kappa shape index (κ3) is 2.82. The molecule has 0 aromatic heterocycles. The maximum Gasteiger partial charge on any atom is 0.416 e. The van der Waals surface area contributed by atoms with Gasteiger partial charge >= 0.3 is 6.18 Å². The number of benzene rings is 2. The molecule has 0 bridgehead atoms. The first-order valence-electron chi connectivity index (χ1n) is 6.46. The molecule has 7 heteroatoms. The van der Waals surface area contributed by atoms with E-state index in [-0.39, 0.29) is 27.4 Å². The van der Waals surface area contributed by atoms with Crippen LogP contribution in [0.4, 0.5) is 23.2 Å². The molecule has 2 aromatic rings. The van der Waals surface area contributed by atoms with Crippen LogP contribution in [-0.4, -0.2) is 5.91 Å². The number of alkyl halides is 3. The molecule has 0 spiro atoms. The van der Waals surface area contributed by atoms with Crippen molar-refractivity contribution < 1.29 is 22.4 Å². The molecule has 0 saturated carbocycles. The van der Waals surface area contributed by atoms with Gasteiger partial charge in [-0.25, -0.2) is 4.39 Å². The van der Waals surface area contributed by atoms with Crippen LogP contribution < -0.4 is 5.32 Å². The Hall–Kier alpha value is -2.34. The van der Waals surface area contributed by atoms with Gasteiger partial charge in [-0.05, 0) is 24.3 Å². The van der Waals surface area contributed by atoms with Gasteiger partial charge in [0.1, 0.15) is 5.82 Å². The average molecular weight is 342 g/mol. The first-order valence-corrected chi connectivity index (χ1v) is 6.84. The third-order valence-electron chi connectivity index (χ3n) is 3.41.